The summed E-state index contributed by atoms with van der Waals surface area (Å²) in [6.07, 6.45) is 6.62. The largest absolute Gasteiger partial charge is 0.391 e. The van der Waals surface area contributed by atoms with E-state index >= 15 is 0 Å². The highest BCUT2D eigenvalue weighted by Crippen LogP contribution is 2.27. The fourth-order valence-electron chi connectivity index (χ4n) is 1.87. The fourth-order valence-corrected chi connectivity index (χ4v) is 1.87. The number of unbranched alkanes of at least 4 members (excludes halogenated alkanes) is 2. The van der Waals surface area contributed by atoms with E-state index in [4.69, 9.17) is 4.74 Å². The summed E-state index contributed by atoms with van der Waals surface area (Å²) in [5, 5.41) is 9.25. The van der Waals surface area contributed by atoms with Crippen molar-refractivity contribution in [2.24, 2.45) is 0 Å². The molecule has 0 aliphatic rings. The first-order valence-corrected chi connectivity index (χ1v) is 6.42. The molecule has 0 saturated heterocycles. The van der Waals surface area contributed by atoms with Gasteiger partial charge in [-0.3, -0.25) is 0 Å². The summed E-state index contributed by atoms with van der Waals surface area (Å²) in [5.74, 6) is 0. The quantitative estimate of drug-likeness (QED) is 0.597. The van der Waals surface area contributed by atoms with Gasteiger partial charge in [0.2, 0.25) is 0 Å². The smallest absolute Gasteiger partial charge is 0.0745 e. The van der Waals surface area contributed by atoms with Crippen molar-refractivity contribution >= 4 is 0 Å². The molecule has 2 nitrogen and oxygen atoms in total. The molecular weight excluding hydrogens is 188 g/mol. The van der Waals surface area contributed by atoms with Crippen LogP contribution in [0.15, 0.2) is 0 Å². The molecule has 0 radical (unpaired) electrons. The van der Waals surface area contributed by atoms with E-state index in [2.05, 4.69) is 20.8 Å². The topological polar surface area (TPSA) is 29.5 Å². The summed E-state index contributed by atoms with van der Waals surface area (Å²) in [7, 11) is 0. The highest BCUT2D eigenvalue weighted by atomic mass is 16.5. The van der Waals surface area contributed by atoms with Crippen LogP contribution in [0, 0.1) is 0 Å². The van der Waals surface area contributed by atoms with E-state index in [0.717, 1.165) is 19.3 Å². The number of aliphatic hydroxyl groups is 1. The number of ether oxygens (including phenoxy) is 1. The van der Waals surface area contributed by atoms with Gasteiger partial charge in [0.05, 0.1) is 18.3 Å². The van der Waals surface area contributed by atoms with Crippen molar-refractivity contribution in [2.45, 2.75) is 77.9 Å². The van der Waals surface area contributed by atoms with Crippen LogP contribution in [-0.2, 0) is 4.74 Å². The van der Waals surface area contributed by atoms with Gasteiger partial charge in [-0.25, -0.2) is 0 Å². The normalized spacial score (nSPS) is 14.2. The SMILES string of the molecule is CCCCCC(CC)(CC)OCC(C)O. The zero-order valence-corrected chi connectivity index (χ0v) is 10.9. The minimum Gasteiger partial charge on any atom is -0.391 e. The van der Waals surface area contributed by atoms with Crippen LogP contribution in [0.4, 0.5) is 0 Å². The maximum atomic E-state index is 9.25. The van der Waals surface area contributed by atoms with Gasteiger partial charge in [0.1, 0.15) is 0 Å². The van der Waals surface area contributed by atoms with Gasteiger partial charge < -0.3 is 9.84 Å². The lowest BCUT2D eigenvalue weighted by Gasteiger charge is -2.32. The van der Waals surface area contributed by atoms with Gasteiger partial charge in [0.15, 0.2) is 0 Å². The summed E-state index contributed by atoms with van der Waals surface area (Å²) >= 11 is 0. The van der Waals surface area contributed by atoms with Gasteiger partial charge in [-0.15, -0.1) is 0 Å². The van der Waals surface area contributed by atoms with Gasteiger partial charge in [-0.05, 0) is 26.2 Å². The van der Waals surface area contributed by atoms with Crippen LogP contribution in [0.25, 0.3) is 0 Å². The standard InChI is InChI=1S/C13H28O2/c1-5-8-9-10-13(6-2,7-3)15-11-12(4)14/h12,14H,5-11H2,1-4H3. The van der Waals surface area contributed by atoms with Gasteiger partial charge in [0.25, 0.3) is 0 Å². The van der Waals surface area contributed by atoms with Crippen LogP contribution in [-0.4, -0.2) is 23.4 Å². The second-order valence-electron chi connectivity index (χ2n) is 4.51. The van der Waals surface area contributed by atoms with E-state index < -0.39 is 0 Å². The number of hydrogen-bond donors (Lipinski definition) is 1. The molecule has 1 N–H and O–H groups in total. The van der Waals surface area contributed by atoms with E-state index in [1.54, 1.807) is 6.92 Å². The number of aliphatic hydroxyl groups excluding tert-OH is 1. The molecule has 2 heteroatoms. The zero-order chi connectivity index (χ0) is 11.7. The highest BCUT2D eigenvalue weighted by Gasteiger charge is 2.26. The van der Waals surface area contributed by atoms with Crippen LogP contribution in [0.3, 0.4) is 0 Å². The summed E-state index contributed by atoms with van der Waals surface area (Å²) < 4.78 is 5.89. The van der Waals surface area contributed by atoms with Crippen LogP contribution >= 0.6 is 0 Å². The minimum absolute atomic E-state index is 0.00611. The third-order valence-electron chi connectivity index (χ3n) is 3.16. The summed E-state index contributed by atoms with van der Waals surface area (Å²) in [5.41, 5.74) is 0.00611. The Morgan fingerprint density at radius 3 is 2.13 bits per heavy atom. The van der Waals surface area contributed by atoms with Gasteiger partial charge in [-0.1, -0.05) is 40.0 Å². The predicted molar refractivity (Wildman–Crippen MR) is 65.1 cm³/mol. The van der Waals surface area contributed by atoms with Crippen LogP contribution in [0.2, 0.25) is 0 Å². The average Bonchev–Trinajstić information content (AvgIpc) is 2.23. The van der Waals surface area contributed by atoms with Gasteiger partial charge in [-0.2, -0.15) is 0 Å². The Labute approximate surface area is 95.0 Å². The van der Waals surface area contributed by atoms with Crippen molar-refractivity contribution in [3.8, 4) is 0 Å². The Balaban J connectivity index is 4.05. The summed E-state index contributed by atoms with van der Waals surface area (Å²) in [4.78, 5) is 0. The second kappa shape index (κ2) is 8.12. The molecule has 0 saturated carbocycles. The van der Waals surface area contributed by atoms with Crippen molar-refractivity contribution in [3.05, 3.63) is 0 Å². The molecule has 0 aliphatic carbocycles. The second-order valence-corrected chi connectivity index (χ2v) is 4.51. The molecule has 0 aromatic rings. The third kappa shape index (κ3) is 6.16. The molecule has 92 valence electrons. The number of rotatable bonds is 9. The Morgan fingerprint density at radius 2 is 1.73 bits per heavy atom. The summed E-state index contributed by atoms with van der Waals surface area (Å²) in [6.45, 7) is 8.82. The van der Waals surface area contributed by atoms with E-state index in [-0.39, 0.29) is 11.7 Å². The van der Waals surface area contributed by atoms with Gasteiger partial charge in [0, 0.05) is 0 Å². The molecule has 0 aromatic heterocycles. The molecule has 0 aliphatic heterocycles. The Morgan fingerprint density at radius 1 is 1.13 bits per heavy atom. The molecule has 0 amide bonds. The highest BCUT2D eigenvalue weighted by molar-refractivity contribution is 4.78. The molecule has 0 aromatic carbocycles. The molecule has 0 rings (SSSR count). The maximum absolute atomic E-state index is 9.25. The van der Waals surface area contributed by atoms with E-state index in [0.29, 0.717) is 6.61 Å². The molecule has 1 atom stereocenters. The summed E-state index contributed by atoms with van der Waals surface area (Å²) in [6, 6.07) is 0. The molecule has 0 heterocycles. The lowest BCUT2D eigenvalue weighted by molar-refractivity contribution is -0.0866. The molecule has 15 heavy (non-hydrogen) atoms. The Hall–Kier alpha value is -0.0800. The van der Waals surface area contributed by atoms with Gasteiger partial charge >= 0.3 is 0 Å². The average molecular weight is 216 g/mol. The molecule has 1 unspecified atom stereocenters. The maximum Gasteiger partial charge on any atom is 0.0745 e. The number of hydrogen-bond acceptors (Lipinski definition) is 2. The minimum atomic E-state index is -0.353. The third-order valence-corrected chi connectivity index (χ3v) is 3.16. The van der Waals surface area contributed by atoms with E-state index in [1.807, 2.05) is 0 Å². The molecule has 0 bridgehead atoms. The molecule has 0 spiro atoms. The predicted octanol–water partition coefficient (Wildman–Crippen LogP) is 3.52. The van der Waals surface area contributed by atoms with Crippen molar-refractivity contribution in [1.29, 1.82) is 0 Å². The van der Waals surface area contributed by atoms with E-state index in [9.17, 15) is 5.11 Å². The van der Waals surface area contributed by atoms with Crippen molar-refractivity contribution in [2.75, 3.05) is 6.61 Å². The molecule has 0 fully saturated rings. The fraction of sp³-hybridized carbons (Fsp3) is 1.00. The Kier molecular flexibility index (Phi) is 8.07. The first-order chi connectivity index (χ1) is 7.10. The van der Waals surface area contributed by atoms with E-state index in [1.165, 1.54) is 19.3 Å². The van der Waals surface area contributed by atoms with Crippen LogP contribution < -0.4 is 0 Å². The first kappa shape index (κ1) is 14.9. The Bertz CT molecular complexity index is 139. The molecular formula is C13H28O2. The van der Waals surface area contributed by atoms with Crippen LogP contribution in [0.5, 0.6) is 0 Å². The van der Waals surface area contributed by atoms with Crippen molar-refractivity contribution in [3.63, 3.8) is 0 Å². The van der Waals surface area contributed by atoms with Crippen molar-refractivity contribution < 1.29 is 9.84 Å². The zero-order valence-electron chi connectivity index (χ0n) is 10.9. The van der Waals surface area contributed by atoms with Crippen molar-refractivity contribution in [1.82, 2.24) is 0 Å². The van der Waals surface area contributed by atoms with Crippen LogP contribution in [0.1, 0.15) is 66.2 Å². The lowest BCUT2D eigenvalue weighted by Crippen LogP contribution is -2.33. The monoisotopic (exact) mass is 216 g/mol. The lowest BCUT2D eigenvalue weighted by atomic mass is 9.90. The first-order valence-electron chi connectivity index (χ1n) is 6.42.